The summed E-state index contributed by atoms with van der Waals surface area (Å²) in [5.41, 5.74) is 1.81. The number of hydrogen-bond donors (Lipinski definition) is 2. The predicted octanol–water partition coefficient (Wildman–Crippen LogP) is 3.77. The summed E-state index contributed by atoms with van der Waals surface area (Å²) in [5, 5.41) is 12.6. The van der Waals surface area contributed by atoms with E-state index < -0.39 is 0 Å². The van der Waals surface area contributed by atoms with E-state index in [9.17, 15) is 9.90 Å². The van der Waals surface area contributed by atoms with Gasteiger partial charge < -0.3 is 19.6 Å². The number of phenols is 1. The lowest BCUT2D eigenvalue weighted by molar-refractivity contribution is 0.356. The molecule has 0 saturated carbocycles. The van der Waals surface area contributed by atoms with Crippen LogP contribution in [0, 0.1) is 6.92 Å². The van der Waals surface area contributed by atoms with Crippen molar-refractivity contribution < 1.29 is 14.6 Å². The van der Waals surface area contributed by atoms with Crippen molar-refractivity contribution in [3.05, 3.63) is 58.5 Å². The van der Waals surface area contributed by atoms with Gasteiger partial charge in [0.2, 0.25) is 0 Å². The number of ether oxygens (including phenoxy) is 2. The number of aromatic hydroxyl groups is 1. The second-order valence-electron chi connectivity index (χ2n) is 6.27. The maximum Gasteiger partial charge on any atom is 0.274 e. The fourth-order valence-electron chi connectivity index (χ4n) is 3.35. The number of rotatable bonds is 3. The Morgan fingerprint density at radius 2 is 1.63 bits per heavy atom. The minimum absolute atomic E-state index is 0.0870. The predicted molar refractivity (Wildman–Crippen MR) is 105 cm³/mol. The highest BCUT2D eigenvalue weighted by Gasteiger charge is 2.18. The molecule has 0 saturated heterocycles. The summed E-state index contributed by atoms with van der Waals surface area (Å²) in [5.74, 6) is 1.19. The number of fused-ring (bicyclic) bond motifs is 3. The number of nitrogens with one attached hydrogen (secondary N) is 1. The van der Waals surface area contributed by atoms with Gasteiger partial charge in [-0.3, -0.25) is 4.79 Å². The first-order chi connectivity index (χ1) is 13.0. The third-order valence-corrected chi connectivity index (χ3v) is 4.59. The average molecular weight is 362 g/mol. The van der Waals surface area contributed by atoms with Gasteiger partial charge in [-0.2, -0.15) is 0 Å². The van der Waals surface area contributed by atoms with Gasteiger partial charge in [-0.05, 0) is 42.6 Å². The average Bonchev–Trinajstić information content (AvgIpc) is 2.67. The van der Waals surface area contributed by atoms with Crippen LogP contribution in [-0.2, 0) is 0 Å². The summed E-state index contributed by atoms with van der Waals surface area (Å²) in [6.07, 6.45) is 0. The Balaban J connectivity index is 2.25. The van der Waals surface area contributed by atoms with E-state index in [1.165, 1.54) is 0 Å². The summed E-state index contributed by atoms with van der Waals surface area (Å²) in [7, 11) is 3.13. The number of phenolic OH excluding ortho intramolecular Hbond substituents is 1. The van der Waals surface area contributed by atoms with Crippen LogP contribution < -0.4 is 15.0 Å². The van der Waals surface area contributed by atoms with Crippen LogP contribution in [0.25, 0.3) is 32.9 Å². The first kappa shape index (κ1) is 16.9. The number of para-hydroxylation sites is 1. The standard InChI is InChI=1S/C21H18N2O4/c1-11-8-14-13-9-17(26-2)18(27-3)10-15(13)19(23-20(14)21(25)22-11)12-6-4-5-7-16(12)24/h4-10,24H,1-3H3,(H,22,25). The van der Waals surface area contributed by atoms with Crippen LogP contribution in [0.2, 0.25) is 0 Å². The molecule has 0 aliphatic heterocycles. The lowest BCUT2D eigenvalue weighted by Crippen LogP contribution is -2.10. The smallest absolute Gasteiger partial charge is 0.274 e. The van der Waals surface area contributed by atoms with Gasteiger partial charge in [0, 0.05) is 22.0 Å². The van der Waals surface area contributed by atoms with Crippen molar-refractivity contribution in [2.75, 3.05) is 14.2 Å². The molecule has 2 heterocycles. The summed E-state index contributed by atoms with van der Waals surface area (Å²) in [6.45, 7) is 1.82. The Labute approximate surface area is 155 Å². The summed E-state index contributed by atoms with van der Waals surface area (Å²) >= 11 is 0. The van der Waals surface area contributed by atoms with E-state index in [1.54, 1.807) is 32.4 Å². The molecule has 6 nitrogen and oxygen atoms in total. The molecule has 0 radical (unpaired) electrons. The van der Waals surface area contributed by atoms with E-state index in [-0.39, 0.29) is 11.3 Å². The fraction of sp³-hybridized carbons (Fsp3) is 0.143. The van der Waals surface area contributed by atoms with Crippen LogP contribution >= 0.6 is 0 Å². The SMILES string of the molecule is COc1cc2c(-c3ccccc3O)nc3c(=O)[nH]c(C)cc3c2cc1OC. The number of aromatic nitrogens is 2. The van der Waals surface area contributed by atoms with Gasteiger partial charge in [-0.15, -0.1) is 0 Å². The van der Waals surface area contributed by atoms with Gasteiger partial charge >= 0.3 is 0 Å². The maximum atomic E-state index is 12.6. The molecule has 0 amide bonds. The molecule has 2 aromatic carbocycles. The molecule has 0 aliphatic rings. The maximum absolute atomic E-state index is 12.6. The molecule has 0 atom stereocenters. The van der Waals surface area contributed by atoms with Crippen molar-refractivity contribution in [2.45, 2.75) is 6.92 Å². The number of H-pyrrole nitrogens is 1. The number of benzene rings is 2. The van der Waals surface area contributed by atoms with Crippen molar-refractivity contribution in [2.24, 2.45) is 0 Å². The molecular weight excluding hydrogens is 344 g/mol. The zero-order chi connectivity index (χ0) is 19.1. The van der Waals surface area contributed by atoms with E-state index in [4.69, 9.17) is 9.47 Å². The molecule has 0 bridgehead atoms. The molecule has 4 aromatic rings. The van der Waals surface area contributed by atoms with Gasteiger partial charge in [-0.1, -0.05) is 12.1 Å². The van der Waals surface area contributed by atoms with E-state index >= 15 is 0 Å². The molecule has 136 valence electrons. The number of methoxy groups -OCH3 is 2. The number of pyridine rings is 2. The number of hydrogen-bond acceptors (Lipinski definition) is 5. The quantitative estimate of drug-likeness (QED) is 0.542. The van der Waals surface area contributed by atoms with Crippen molar-refractivity contribution in [1.29, 1.82) is 0 Å². The van der Waals surface area contributed by atoms with Crippen molar-refractivity contribution in [3.63, 3.8) is 0 Å². The molecule has 0 unspecified atom stereocenters. The van der Waals surface area contributed by atoms with Crippen LogP contribution in [0.5, 0.6) is 17.2 Å². The summed E-state index contributed by atoms with van der Waals surface area (Å²) in [6, 6.07) is 12.4. The van der Waals surface area contributed by atoms with E-state index in [0.717, 1.165) is 16.5 Å². The normalized spacial score (nSPS) is 11.1. The van der Waals surface area contributed by atoms with Crippen LogP contribution in [0.1, 0.15) is 5.69 Å². The third kappa shape index (κ3) is 2.66. The second kappa shape index (κ2) is 6.32. The third-order valence-electron chi connectivity index (χ3n) is 4.59. The first-order valence-electron chi connectivity index (χ1n) is 8.41. The molecule has 0 fully saturated rings. The van der Waals surface area contributed by atoms with Crippen LogP contribution in [-0.4, -0.2) is 29.3 Å². The Morgan fingerprint density at radius 3 is 2.30 bits per heavy atom. The van der Waals surface area contributed by atoms with Crippen LogP contribution in [0.15, 0.2) is 47.3 Å². The van der Waals surface area contributed by atoms with Gasteiger partial charge in [0.25, 0.3) is 5.56 Å². The second-order valence-corrected chi connectivity index (χ2v) is 6.27. The Bertz CT molecular complexity index is 1240. The Hall–Kier alpha value is -3.54. The Kier molecular flexibility index (Phi) is 3.96. The van der Waals surface area contributed by atoms with E-state index in [2.05, 4.69) is 9.97 Å². The highest BCUT2D eigenvalue weighted by atomic mass is 16.5. The van der Waals surface area contributed by atoms with Gasteiger partial charge in [-0.25, -0.2) is 4.98 Å². The molecular formula is C21H18N2O4. The van der Waals surface area contributed by atoms with Gasteiger partial charge in [0.15, 0.2) is 11.5 Å². The van der Waals surface area contributed by atoms with E-state index in [0.29, 0.717) is 33.7 Å². The van der Waals surface area contributed by atoms with Crippen molar-refractivity contribution >= 4 is 21.7 Å². The molecule has 2 N–H and O–H groups in total. The molecule has 0 aliphatic carbocycles. The number of aryl methyl sites for hydroxylation is 1. The first-order valence-corrected chi connectivity index (χ1v) is 8.41. The topological polar surface area (TPSA) is 84.4 Å². The lowest BCUT2D eigenvalue weighted by Gasteiger charge is -2.14. The molecule has 6 heteroatoms. The minimum atomic E-state index is -0.279. The number of nitrogens with zero attached hydrogens (tertiary/aromatic N) is 1. The highest BCUT2D eigenvalue weighted by Crippen LogP contribution is 2.40. The highest BCUT2D eigenvalue weighted by molar-refractivity contribution is 6.12. The van der Waals surface area contributed by atoms with Crippen molar-refractivity contribution in [1.82, 2.24) is 9.97 Å². The van der Waals surface area contributed by atoms with E-state index in [1.807, 2.05) is 31.2 Å². The molecule has 0 spiro atoms. The van der Waals surface area contributed by atoms with Crippen LogP contribution in [0.4, 0.5) is 0 Å². The fourth-order valence-corrected chi connectivity index (χ4v) is 3.35. The van der Waals surface area contributed by atoms with Gasteiger partial charge in [0.1, 0.15) is 11.3 Å². The largest absolute Gasteiger partial charge is 0.507 e. The summed E-state index contributed by atoms with van der Waals surface area (Å²) in [4.78, 5) is 19.9. The lowest BCUT2D eigenvalue weighted by atomic mass is 9.99. The zero-order valence-corrected chi connectivity index (χ0v) is 15.2. The van der Waals surface area contributed by atoms with Crippen LogP contribution in [0.3, 0.4) is 0 Å². The van der Waals surface area contributed by atoms with Crippen molar-refractivity contribution in [3.8, 4) is 28.5 Å². The zero-order valence-electron chi connectivity index (χ0n) is 15.2. The molecule has 2 aromatic heterocycles. The Morgan fingerprint density at radius 1 is 0.963 bits per heavy atom. The molecule has 4 rings (SSSR count). The monoisotopic (exact) mass is 362 g/mol. The van der Waals surface area contributed by atoms with Gasteiger partial charge in [0.05, 0.1) is 19.9 Å². The number of aromatic amines is 1. The minimum Gasteiger partial charge on any atom is -0.507 e. The summed E-state index contributed by atoms with van der Waals surface area (Å²) < 4.78 is 10.9. The molecule has 27 heavy (non-hydrogen) atoms.